The zero-order valence-corrected chi connectivity index (χ0v) is 14.4. The highest BCUT2D eigenvalue weighted by Crippen LogP contribution is 2.28. The second-order valence-electron chi connectivity index (χ2n) is 4.60. The molecular weight excluding hydrogens is 382 g/mol. The first-order valence-electron chi connectivity index (χ1n) is 6.49. The molecule has 3 N–H and O–H groups in total. The predicted molar refractivity (Wildman–Crippen MR) is 89.2 cm³/mol. The molecule has 1 atom stereocenters. The topological polar surface area (TPSA) is 50.9 Å². The van der Waals surface area contributed by atoms with Gasteiger partial charge in [-0.1, -0.05) is 50.9 Å². The lowest BCUT2D eigenvalue weighted by Crippen LogP contribution is -2.30. The van der Waals surface area contributed by atoms with Crippen LogP contribution in [0.5, 0.6) is 0 Å². The summed E-state index contributed by atoms with van der Waals surface area (Å²) in [5, 5.41) is 0. The first-order chi connectivity index (χ1) is 9.63. The molecule has 20 heavy (non-hydrogen) atoms. The average molecular weight is 399 g/mol. The van der Waals surface area contributed by atoms with E-state index >= 15 is 0 Å². The summed E-state index contributed by atoms with van der Waals surface area (Å²) in [6.45, 7) is 2.12. The van der Waals surface area contributed by atoms with Crippen molar-refractivity contribution in [3.05, 3.63) is 62.3 Å². The number of hydrogen-bond acceptors (Lipinski definition) is 3. The van der Waals surface area contributed by atoms with Crippen molar-refractivity contribution >= 4 is 31.9 Å². The van der Waals surface area contributed by atoms with Gasteiger partial charge in [0, 0.05) is 27.3 Å². The Morgan fingerprint density at radius 2 is 2.05 bits per heavy atom. The maximum Gasteiger partial charge on any atom is 0.0526 e. The van der Waals surface area contributed by atoms with E-state index in [0.717, 1.165) is 33.0 Å². The summed E-state index contributed by atoms with van der Waals surface area (Å²) in [5.74, 6) is 5.71. The smallest absolute Gasteiger partial charge is 0.0526 e. The van der Waals surface area contributed by atoms with Gasteiger partial charge in [0.05, 0.1) is 6.04 Å². The highest BCUT2D eigenvalue weighted by atomic mass is 79.9. The fraction of sp³-hybridized carbons (Fsp3) is 0.267. The molecule has 3 nitrogen and oxygen atoms in total. The van der Waals surface area contributed by atoms with Gasteiger partial charge in [-0.05, 0) is 35.7 Å². The number of rotatable bonds is 5. The van der Waals surface area contributed by atoms with Crippen molar-refractivity contribution in [3.8, 4) is 0 Å². The molecule has 1 heterocycles. The molecule has 0 spiro atoms. The summed E-state index contributed by atoms with van der Waals surface area (Å²) in [5.41, 5.74) is 6.27. The van der Waals surface area contributed by atoms with E-state index in [1.165, 1.54) is 5.56 Å². The molecule has 0 saturated carbocycles. The molecule has 0 aliphatic rings. The second kappa shape index (κ2) is 7.31. The normalized spacial score (nSPS) is 12.4. The number of pyridine rings is 1. The third-order valence-corrected chi connectivity index (χ3v) is 4.43. The number of aryl methyl sites for hydroxylation is 1. The molecule has 1 aromatic heterocycles. The Labute approximate surface area is 136 Å². The minimum atomic E-state index is 0.0254. The van der Waals surface area contributed by atoms with Crippen LogP contribution in [0.1, 0.15) is 29.8 Å². The van der Waals surface area contributed by atoms with Crippen LogP contribution < -0.4 is 11.3 Å². The molecule has 0 aliphatic heterocycles. The maximum absolute atomic E-state index is 5.71. The molecule has 0 saturated heterocycles. The van der Waals surface area contributed by atoms with Gasteiger partial charge in [0.1, 0.15) is 0 Å². The van der Waals surface area contributed by atoms with E-state index in [9.17, 15) is 0 Å². The van der Waals surface area contributed by atoms with Crippen LogP contribution in [0.3, 0.4) is 0 Å². The summed E-state index contributed by atoms with van der Waals surface area (Å²) in [6.07, 6.45) is 3.68. The molecule has 2 aromatic rings. The summed E-state index contributed by atoms with van der Waals surface area (Å²) in [7, 11) is 0. The quantitative estimate of drug-likeness (QED) is 0.592. The summed E-state index contributed by atoms with van der Waals surface area (Å²) < 4.78 is 2.06. The van der Waals surface area contributed by atoms with Crippen molar-refractivity contribution in [2.45, 2.75) is 25.8 Å². The highest BCUT2D eigenvalue weighted by molar-refractivity contribution is 9.11. The molecular formula is C15H17Br2N3. The molecule has 1 aromatic carbocycles. The molecule has 1 unspecified atom stereocenters. The van der Waals surface area contributed by atoms with Gasteiger partial charge in [-0.25, -0.2) is 0 Å². The monoisotopic (exact) mass is 397 g/mol. The standard InChI is InChI=1S/C15H17Br2N3/c1-2-10-3-5-12(19-9-10)8-15(20-18)13-6-4-11(16)7-14(13)17/h3-7,9,15,20H,2,8,18H2,1H3. The molecule has 0 bridgehead atoms. The fourth-order valence-electron chi connectivity index (χ4n) is 2.04. The number of nitrogens with one attached hydrogen (secondary N) is 1. The molecule has 0 amide bonds. The SMILES string of the molecule is CCc1ccc(CC(NN)c2ccc(Br)cc2Br)nc1. The Morgan fingerprint density at radius 3 is 2.60 bits per heavy atom. The Morgan fingerprint density at radius 1 is 1.25 bits per heavy atom. The van der Waals surface area contributed by atoms with E-state index < -0.39 is 0 Å². The van der Waals surface area contributed by atoms with Crippen LogP contribution in [0.2, 0.25) is 0 Å². The number of hydrazine groups is 1. The number of benzene rings is 1. The largest absolute Gasteiger partial charge is 0.271 e. The number of halogens is 2. The van der Waals surface area contributed by atoms with Crippen molar-refractivity contribution in [1.82, 2.24) is 10.4 Å². The Balaban J connectivity index is 2.19. The van der Waals surface area contributed by atoms with Gasteiger partial charge >= 0.3 is 0 Å². The molecule has 5 heteroatoms. The lowest BCUT2D eigenvalue weighted by atomic mass is 10.0. The Kier molecular flexibility index (Phi) is 5.72. The predicted octanol–water partition coefficient (Wildman–Crippen LogP) is 3.92. The Hall–Kier alpha value is -0.750. The lowest BCUT2D eigenvalue weighted by molar-refractivity contribution is 0.544. The van der Waals surface area contributed by atoms with E-state index in [0.29, 0.717) is 0 Å². The van der Waals surface area contributed by atoms with Crippen LogP contribution >= 0.6 is 31.9 Å². The van der Waals surface area contributed by atoms with Crippen molar-refractivity contribution in [1.29, 1.82) is 0 Å². The van der Waals surface area contributed by atoms with Crippen LogP contribution in [-0.4, -0.2) is 4.98 Å². The maximum atomic E-state index is 5.71. The van der Waals surface area contributed by atoms with Crippen molar-refractivity contribution in [2.75, 3.05) is 0 Å². The number of hydrogen-bond donors (Lipinski definition) is 2. The van der Waals surface area contributed by atoms with Crippen LogP contribution in [-0.2, 0) is 12.8 Å². The van der Waals surface area contributed by atoms with Crippen molar-refractivity contribution in [2.24, 2.45) is 5.84 Å². The van der Waals surface area contributed by atoms with Crippen LogP contribution in [0.4, 0.5) is 0 Å². The van der Waals surface area contributed by atoms with Crippen molar-refractivity contribution < 1.29 is 0 Å². The van der Waals surface area contributed by atoms with E-state index in [1.54, 1.807) is 0 Å². The van der Waals surface area contributed by atoms with E-state index in [4.69, 9.17) is 5.84 Å². The van der Waals surface area contributed by atoms with Gasteiger partial charge < -0.3 is 0 Å². The van der Waals surface area contributed by atoms with Gasteiger partial charge in [0.15, 0.2) is 0 Å². The molecule has 0 fully saturated rings. The van der Waals surface area contributed by atoms with Crippen LogP contribution in [0.25, 0.3) is 0 Å². The van der Waals surface area contributed by atoms with Gasteiger partial charge in [0.2, 0.25) is 0 Å². The zero-order valence-electron chi connectivity index (χ0n) is 11.2. The third kappa shape index (κ3) is 3.88. The van der Waals surface area contributed by atoms with Gasteiger partial charge in [0.25, 0.3) is 0 Å². The first kappa shape index (κ1) is 15.6. The second-order valence-corrected chi connectivity index (χ2v) is 6.37. The Bertz CT molecular complexity index is 570. The van der Waals surface area contributed by atoms with Gasteiger partial charge in [-0.3, -0.25) is 16.3 Å². The van der Waals surface area contributed by atoms with E-state index in [-0.39, 0.29) is 6.04 Å². The van der Waals surface area contributed by atoms with E-state index in [1.807, 2.05) is 18.3 Å². The third-order valence-electron chi connectivity index (χ3n) is 3.25. The first-order valence-corrected chi connectivity index (χ1v) is 8.07. The number of nitrogens with two attached hydrogens (primary N) is 1. The van der Waals surface area contributed by atoms with Crippen LogP contribution in [0.15, 0.2) is 45.5 Å². The summed E-state index contributed by atoms with van der Waals surface area (Å²) >= 11 is 7.03. The number of nitrogens with zero attached hydrogens (tertiary/aromatic N) is 1. The molecule has 2 rings (SSSR count). The number of aromatic nitrogens is 1. The zero-order chi connectivity index (χ0) is 14.5. The molecule has 106 valence electrons. The minimum Gasteiger partial charge on any atom is -0.271 e. The average Bonchev–Trinajstić information content (AvgIpc) is 2.46. The van der Waals surface area contributed by atoms with Gasteiger partial charge in [-0.2, -0.15) is 0 Å². The fourth-order valence-corrected chi connectivity index (χ4v) is 3.36. The molecule has 0 radical (unpaired) electrons. The molecule has 0 aliphatic carbocycles. The van der Waals surface area contributed by atoms with E-state index in [2.05, 4.69) is 67.4 Å². The lowest BCUT2D eigenvalue weighted by Gasteiger charge is -2.18. The van der Waals surface area contributed by atoms with Crippen molar-refractivity contribution in [3.63, 3.8) is 0 Å². The van der Waals surface area contributed by atoms with Crippen LogP contribution in [0, 0.1) is 0 Å². The van der Waals surface area contributed by atoms with Gasteiger partial charge in [-0.15, -0.1) is 0 Å². The highest BCUT2D eigenvalue weighted by Gasteiger charge is 2.14. The summed E-state index contributed by atoms with van der Waals surface area (Å²) in [4.78, 5) is 4.49. The summed E-state index contributed by atoms with van der Waals surface area (Å²) in [6, 6.07) is 10.3. The minimum absolute atomic E-state index is 0.0254.